The molecule has 1 saturated heterocycles. The Morgan fingerprint density at radius 2 is 1.96 bits per heavy atom. The molecule has 1 amide bonds. The van der Waals surface area contributed by atoms with Gasteiger partial charge in [0.1, 0.15) is 5.60 Å². The third-order valence-corrected chi connectivity index (χ3v) is 4.10. The number of likely N-dealkylation sites (N-methyl/N-ethyl adjacent to an activating group) is 1. The van der Waals surface area contributed by atoms with Gasteiger partial charge in [-0.3, -0.25) is 0 Å². The summed E-state index contributed by atoms with van der Waals surface area (Å²) in [6.07, 6.45) is -4.28. The molecule has 1 fully saturated rings. The molecule has 0 aliphatic carbocycles. The van der Waals surface area contributed by atoms with Crippen molar-refractivity contribution < 1.29 is 22.7 Å². The quantitative estimate of drug-likeness (QED) is 0.818. The summed E-state index contributed by atoms with van der Waals surface area (Å²) in [5.74, 6) is 0. The summed E-state index contributed by atoms with van der Waals surface area (Å²) in [5.41, 5.74) is 4.16. The van der Waals surface area contributed by atoms with E-state index >= 15 is 0 Å². The van der Waals surface area contributed by atoms with Crippen LogP contribution >= 0.6 is 0 Å². The van der Waals surface area contributed by atoms with Crippen LogP contribution in [-0.4, -0.2) is 42.8 Å². The SMILES string of the molecule is CN(C(=O)OC(C)(C)C)C1CCN(c2ccc(N)c(C(F)(F)F)c2)C1. The van der Waals surface area contributed by atoms with E-state index in [-0.39, 0.29) is 11.7 Å². The lowest BCUT2D eigenvalue weighted by atomic mass is 10.1. The van der Waals surface area contributed by atoms with Crippen molar-refractivity contribution in [3.63, 3.8) is 0 Å². The van der Waals surface area contributed by atoms with Crippen LogP contribution in [0.2, 0.25) is 0 Å². The average Bonchev–Trinajstić information content (AvgIpc) is 2.93. The largest absolute Gasteiger partial charge is 0.444 e. The summed E-state index contributed by atoms with van der Waals surface area (Å²) in [7, 11) is 1.65. The number of ether oxygens (including phenoxy) is 1. The molecule has 0 saturated carbocycles. The molecule has 1 aromatic rings. The number of hydrogen-bond donors (Lipinski definition) is 1. The highest BCUT2D eigenvalue weighted by Crippen LogP contribution is 2.36. The van der Waals surface area contributed by atoms with E-state index in [4.69, 9.17) is 10.5 Å². The predicted molar refractivity (Wildman–Crippen MR) is 90.5 cm³/mol. The van der Waals surface area contributed by atoms with Crippen LogP contribution < -0.4 is 10.6 Å². The average molecular weight is 359 g/mol. The van der Waals surface area contributed by atoms with Crippen LogP contribution in [0.4, 0.5) is 29.3 Å². The van der Waals surface area contributed by atoms with Crippen molar-refractivity contribution in [2.75, 3.05) is 30.8 Å². The molecule has 0 spiro atoms. The first-order valence-corrected chi connectivity index (χ1v) is 8.06. The fraction of sp³-hybridized carbons (Fsp3) is 0.588. The van der Waals surface area contributed by atoms with Gasteiger partial charge in [0.25, 0.3) is 0 Å². The second kappa shape index (κ2) is 6.65. The molecule has 0 aromatic heterocycles. The number of hydrogen-bond acceptors (Lipinski definition) is 4. The van der Waals surface area contributed by atoms with Gasteiger partial charge in [-0.25, -0.2) is 4.79 Å². The Morgan fingerprint density at radius 1 is 1.32 bits per heavy atom. The van der Waals surface area contributed by atoms with E-state index in [2.05, 4.69) is 0 Å². The Kier molecular flexibility index (Phi) is 5.11. The number of anilines is 2. The molecular formula is C17H24F3N3O2. The predicted octanol–water partition coefficient (Wildman–Crippen LogP) is 3.73. The van der Waals surface area contributed by atoms with Gasteiger partial charge < -0.3 is 20.3 Å². The number of carbonyl (C=O) groups excluding carboxylic acids is 1. The van der Waals surface area contributed by atoms with Gasteiger partial charge >= 0.3 is 12.3 Å². The number of rotatable bonds is 2. The Hall–Kier alpha value is -2.12. The van der Waals surface area contributed by atoms with Crippen molar-refractivity contribution in [3.05, 3.63) is 23.8 Å². The molecule has 25 heavy (non-hydrogen) atoms. The second-order valence-corrected chi connectivity index (χ2v) is 7.25. The summed E-state index contributed by atoms with van der Waals surface area (Å²) in [6.45, 7) is 6.35. The normalized spacial score (nSPS) is 18.4. The maximum absolute atomic E-state index is 13.0. The highest BCUT2D eigenvalue weighted by atomic mass is 19.4. The molecule has 1 heterocycles. The Balaban J connectivity index is 2.09. The number of benzene rings is 1. The van der Waals surface area contributed by atoms with Gasteiger partial charge in [0, 0.05) is 31.5 Å². The number of alkyl halides is 3. The molecule has 2 N–H and O–H groups in total. The van der Waals surface area contributed by atoms with Crippen LogP contribution in [0, 0.1) is 0 Å². The zero-order valence-corrected chi connectivity index (χ0v) is 14.9. The molecule has 1 aromatic carbocycles. The number of halogens is 3. The third kappa shape index (κ3) is 4.70. The lowest BCUT2D eigenvalue weighted by molar-refractivity contribution is -0.136. The molecule has 1 aliphatic heterocycles. The van der Waals surface area contributed by atoms with Crippen molar-refractivity contribution in [3.8, 4) is 0 Å². The van der Waals surface area contributed by atoms with Gasteiger partial charge in [-0.05, 0) is 45.4 Å². The maximum atomic E-state index is 13.0. The fourth-order valence-corrected chi connectivity index (χ4v) is 2.76. The van der Waals surface area contributed by atoms with Crippen molar-refractivity contribution >= 4 is 17.5 Å². The van der Waals surface area contributed by atoms with Crippen molar-refractivity contribution in [1.29, 1.82) is 0 Å². The topological polar surface area (TPSA) is 58.8 Å². The van der Waals surface area contributed by atoms with Crippen LogP contribution in [-0.2, 0) is 10.9 Å². The Labute approximate surface area is 145 Å². The molecule has 140 valence electrons. The molecule has 8 heteroatoms. The van der Waals surface area contributed by atoms with Crippen LogP contribution in [0.3, 0.4) is 0 Å². The molecule has 1 unspecified atom stereocenters. The van der Waals surface area contributed by atoms with Crippen molar-refractivity contribution in [2.24, 2.45) is 0 Å². The van der Waals surface area contributed by atoms with Crippen LogP contribution in [0.5, 0.6) is 0 Å². The first-order chi connectivity index (χ1) is 11.4. The molecule has 0 radical (unpaired) electrons. The van der Waals surface area contributed by atoms with E-state index in [1.165, 1.54) is 11.0 Å². The van der Waals surface area contributed by atoms with E-state index in [0.29, 0.717) is 25.2 Å². The smallest absolute Gasteiger partial charge is 0.418 e. The van der Waals surface area contributed by atoms with Crippen molar-refractivity contribution in [2.45, 2.75) is 45.0 Å². The fourth-order valence-electron chi connectivity index (χ4n) is 2.76. The van der Waals surface area contributed by atoms with E-state index < -0.39 is 23.4 Å². The summed E-state index contributed by atoms with van der Waals surface area (Å²) in [4.78, 5) is 15.5. The minimum absolute atomic E-state index is 0.123. The van der Waals surface area contributed by atoms with Gasteiger partial charge in [-0.2, -0.15) is 13.2 Å². The third-order valence-electron chi connectivity index (χ3n) is 4.10. The number of nitrogens with two attached hydrogens (primary N) is 1. The van der Waals surface area contributed by atoms with E-state index in [9.17, 15) is 18.0 Å². The minimum atomic E-state index is -4.49. The van der Waals surface area contributed by atoms with Crippen LogP contribution in [0.25, 0.3) is 0 Å². The Morgan fingerprint density at radius 3 is 2.52 bits per heavy atom. The highest BCUT2D eigenvalue weighted by Gasteiger charge is 2.35. The minimum Gasteiger partial charge on any atom is -0.444 e. The zero-order chi connectivity index (χ0) is 19.0. The zero-order valence-electron chi connectivity index (χ0n) is 14.9. The molecular weight excluding hydrogens is 335 g/mol. The monoisotopic (exact) mass is 359 g/mol. The summed E-state index contributed by atoms with van der Waals surface area (Å²) in [6, 6.07) is 3.77. The highest BCUT2D eigenvalue weighted by molar-refractivity contribution is 5.68. The van der Waals surface area contributed by atoms with Gasteiger partial charge in [0.2, 0.25) is 0 Å². The number of nitrogens with zero attached hydrogens (tertiary/aromatic N) is 2. The molecule has 0 bridgehead atoms. The number of amides is 1. The standard InChI is InChI=1S/C17H24F3N3O2/c1-16(2,3)25-15(24)22(4)12-7-8-23(10-12)11-5-6-14(21)13(9-11)17(18,19)20/h5-6,9,12H,7-8,10,21H2,1-4H3. The maximum Gasteiger partial charge on any atom is 0.418 e. The summed E-state index contributed by atoms with van der Waals surface area (Å²) >= 11 is 0. The van der Waals surface area contributed by atoms with Crippen LogP contribution in [0.1, 0.15) is 32.8 Å². The summed E-state index contributed by atoms with van der Waals surface area (Å²) < 4.78 is 44.4. The summed E-state index contributed by atoms with van der Waals surface area (Å²) in [5, 5.41) is 0. The van der Waals surface area contributed by atoms with Gasteiger partial charge in [-0.1, -0.05) is 0 Å². The number of carbonyl (C=O) groups is 1. The van der Waals surface area contributed by atoms with Crippen LogP contribution in [0.15, 0.2) is 18.2 Å². The van der Waals surface area contributed by atoms with Gasteiger partial charge in [-0.15, -0.1) is 0 Å². The first kappa shape index (κ1) is 19.2. The lowest BCUT2D eigenvalue weighted by Gasteiger charge is -2.29. The molecule has 2 rings (SSSR count). The van der Waals surface area contributed by atoms with E-state index in [1.54, 1.807) is 33.9 Å². The molecule has 5 nitrogen and oxygen atoms in total. The second-order valence-electron chi connectivity index (χ2n) is 7.25. The first-order valence-electron chi connectivity index (χ1n) is 8.06. The number of nitrogen functional groups attached to an aromatic ring is 1. The Bertz CT molecular complexity index is 641. The molecule has 1 atom stereocenters. The lowest BCUT2D eigenvalue weighted by Crippen LogP contribution is -2.42. The molecule has 1 aliphatic rings. The van der Waals surface area contributed by atoms with Gasteiger partial charge in [0.05, 0.1) is 11.6 Å². The van der Waals surface area contributed by atoms with Crippen molar-refractivity contribution in [1.82, 2.24) is 4.90 Å². The van der Waals surface area contributed by atoms with E-state index in [1.807, 2.05) is 4.90 Å². The van der Waals surface area contributed by atoms with E-state index in [0.717, 1.165) is 6.07 Å². The van der Waals surface area contributed by atoms with Gasteiger partial charge in [0.15, 0.2) is 0 Å².